The number of benzene rings is 1. The third kappa shape index (κ3) is 3.06. The van der Waals surface area contributed by atoms with Crippen LogP contribution >= 0.6 is 0 Å². The van der Waals surface area contributed by atoms with Gasteiger partial charge in [-0.05, 0) is 32.4 Å². The van der Waals surface area contributed by atoms with Crippen LogP contribution in [-0.2, 0) is 9.59 Å². The van der Waals surface area contributed by atoms with E-state index in [0.29, 0.717) is 11.3 Å². The number of carboxylic acids is 1. The molecule has 0 heterocycles. The van der Waals surface area contributed by atoms with Crippen molar-refractivity contribution in [2.24, 2.45) is 5.41 Å². The molecule has 1 rings (SSSR count). The number of nitrogens with zero attached hydrogens (tertiary/aromatic N) is 1. The van der Waals surface area contributed by atoms with Crippen molar-refractivity contribution in [1.29, 1.82) is 0 Å². The fourth-order valence-electron chi connectivity index (χ4n) is 1.28. The fraction of sp³-hybridized carbons (Fsp3) is 0.333. The number of nitro benzene ring substituents is 1. The molecule has 0 aromatic heterocycles. The van der Waals surface area contributed by atoms with Gasteiger partial charge in [-0.1, -0.05) is 0 Å². The van der Waals surface area contributed by atoms with Crippen molar-refractivity contribution in [2.45, 2.75) is 20.8 Å². The minimum absolute atomic E-state index is 0.0898. The first-order chi connectivity index (χ1) is 8.66. The zero-order valence-electron chi connectivity index (χ0n) is 10.8. The maximum atomic E-state index is 11.8. The summed E-state index contributed by atoms with van der Waals surface area (Å²) in [5, 5.41) is 22.0. The number of rotatable bonds is 4. The lowest BCUT2D eigenvalue weighted by Gasteiger charge is -2.19. The first-order valence-electron chi connectivity index (χ1n) is 5.46. The number of nitro groups is 1. The molecule has 0 aliphatic rings. The van der Waals surface area contributed by atoms with Crippen LogP contribution in [0.5, 0.6) is 0 Å². The molecule has 19 heavy (non-hydrogen) atoms. The maximum absolute atomic E-state index is 11.8. The SMILES string of the molecule is Cc1cc([N+](=O)[O-])ccc1NC(=O)C(C)(C)C(=O)O. The molecule has 0 bridgehead atoms. The largest absolute Gasteiger partial charge is 0.480 e. The Labute approximate surface area is 109 Å². The molecule has 0 saturated carbocycles. The zero-order chi connectivity index (χ0) is 14.8. The number of carbonyl (C=O) groups is 2. The molecule has 2 N–H and O–H groups in total. The monoisotopic (exact) mass is 266 g/mol. The summed E-state index contributed by atoms with van der Waals surface area (Å²) in [6.07, 6.45) is 0. The van der Waals surface area contributed by atoms with Crippen LogP contribution in [0.25, 0.3) is 0 Å². The van der Waals surface area contributed by atoms with Crippen molar-refractivity contribution >= 4 is 23.3 Å². The van der Waals surface area contributed by atoms with Crippen LogP contribution in [0.2, 0.25) is 0 Å². The minimum Gasteiger partial charge on any atom is -0.480 e. The van der Waals surface area contributed by atoms with Crippen LogP contribution in [-0.4, -0.2) is 21.9 Å². The highest BCUT2D eigenvalue weighted by Crippen LogP contribution is 2.24. The number of hydrogen-bond donors (Lipinski definition) is 2. The number of hydrogen-bond acceptors (Lipinski definition) is 4. The number of aliphatic carboxylic acids is 1. The summed E-state index contributed by atoms with van der Waals surface area (Å²) >= 11 is 0. The summed E-state index contributed by atoms with van der Waals surface area (Å²) < 4.78 is 0. The first kappa shape index (κ1) is 14.6. The Balaban J connectivity index is 2.98. The Kier molecular flexibility index (Phi) is 3.89. The van der Waals surface area contributed by atoms with Gasteiger partial charge in [0.05, 0.1) is 4.92 Å². The molecule has 7 heteroatoms. The number of nitrogens with one attached hydrogen (secondary N) is 1. The molecule has 1 aromatic rings. The van der Waals surface area contributed by atoms with E-state index in [2.05, 4.69) is 5.32 Å². The topological polar surface area (TPSA) is 110 Å². The molecule has 0 spiro atoms. The van der Waals surface area contributed by atoms with Crippen molar-refractivity contribution < 1.29 is 19.6 Å². The summed E-state index contributed by atoms with van der Waals surface area (Å²) in [5.41, 5.74) is -0.824. The van der Waals surface area contributed by atoms with Gasteiger partial charge in [-0.3, -0.25) is 19.7 Å². The Hall–Kier alpha value is -2.44. The van der Waals surface area contributed by atoms with E-state index in [1.165, 1.54) is 32.0 Å². The summed E-state index contributed by atoms with van der Waals surface area (Å²) in [6, 6.07) is 3.93. The number of anilines is 1. The van der Waals surface area contributed by atoms with E-state index in [4.69, 9.17) is 5.11 Å². The van der Waals surface area contributed by atoms with Crippen LogP contribution in [0.1, 0.15) is 19.4 Å². The normalized spacial score (nSPS) is 10.9. The van der Waals surface area contributed by atoms with E-state index in [-0.39, 0.29) is 5.69 Å². The molecule has 0 radical (unpaired) electrons. The predicted octanol–water partition coefficient (Wildman–Crippen LogP) is 1.95. The molecule has 0 saturated heterocycles. The Morgan fingerprint density at radius 1 is 1.37 bits per heavy atom. The van der Waals surface area contributed by atoms with Gasteiger partial charge in [-0.25, -0.2) is 0 Å². The minimum atomic E-state index is -1.58. The van der Waals surface area contributed by atoms with Gasteiger partial charge in [0.2, 0.25) is 5.91 Å². The molecule has 0 aliphatic carbocycles. The molecule has 7 nitrogen and oxygen atoms in total. The van der Waals surface area contributed by atoms with Gasteiger partial charge in [-0.2, -0.15) is 0 Å². The second kappa shape index (κ2) is 5.05. The second-order valence-corrected chi connectivity index (χ2v) is 4.64. The number of carbonyl (C=O) groups excluding carboxylic acids is 1. The van der Waals surface area contributed by atoms with Crippen LogP contribution in [0.15, 0.2) is 18.2 Å². The number of aryl methyl sites for hydroxylation is 1. The molecular weight excluding hydrogens is 252 g/mol. The second-order valence-electron chi connectivity index (χ2n) is 4.64. The van der Waals surface area contributed by atoms with E-state index >= 15 is 0 Å². The predicted molar refractivity (Wildman–Crippen MR) is 67.9 cm³/mol. The highest BCUT2D eigenvalue weighted by Gasteiger charge is 2.36. The highest BCUT2D eigenvalue weighted by molar-refractivity contribution is 6.07. The number of non-ortho nitro benzene ring substituents is 1. The lowest BCUT2D eigenvalue weighted by Crippen LogP contribution is -2.38. The standard InChI is InChI=1S/C12H14N2O5/c1-7-6-8(14(18)19)4-5-9(7)13-10(15)12(2,3)11(16)17/h4-6H,1-3H3,(H,13,15)(H,16,17). The van der Waals surface area contributed by atoms with Gasteiger partial charge in [0, 0.05) is 17.8 Å². The number of amides is 1. The highest BCUT2D eigenvalue weighted by atomic mass is 16.6. The van der Waals surface area contributed by atoms with Gasteiger partial charge < -0.3 is 10.4 Å². The summed E-state index contributed by atoms with van der Waals surface area (Å²) in [5.74, 6) is -1.93. The first-order valence-corrected chi connectivity index (χ1v) is 5.46. The maximum Gasteiger partial charge on any atom is 0.318 e. The van der Waals surface area contributed by atoms with Gasteiger partial charge in [0.1, 0.15) is 5.41 Å². The van der Waals surface area contributed by atoms with Gasteiger partial charge in [0.25, 0.3) is 5.69 Å². The Morgan fingerprint density at radius 3 is 2.37 bits per heavy atom. The molecule has 0 fully saturated rings. The van der Waals surface area contributed by atoms with Gasteiger partial charge >= 0.3 is 5.97 Å². The van der Waals surface area contributed by atoms with E-state index < -0.39 is 22.2 Å². The molecule has 1 amide bonds. The van der Waals surface area contributed by atoms with Crippen molar-refractivity contribution in [1.82, 2.24) is 0 Å². The Morgan fingerprint density at radius 2 is 1.95 bits per heavy atom. The van der Waals surface area contributed by atoms with Crippen molar-refractivity contribution in [3.63, 3.8) is 0 Å². The molecular formula is C12H14N2O5. The smallest absolute Gasteiger partial charge is 0.318 e. The van der Waals surface area contributed by atoms with E-state index in [1.54, 1.807) is 6.92 Å². The molecule has 102 valence electrons. The van der Waals surface area contributed by atoms with Crippen LogP contribution in [0.3, 0.4) is 0 Å². The van der Waals surface area contributed by atoms with Gasteiger partial charge in [0.15, 0.2) is 0 Å². The van der Waals surface area contributed by atoms with E-state index in [1.807, 2.05) is 0 Å². The Bertz CT molecular complexity index is 551. The summed E-state index contributed by atoms with van der Waals surface area (Å²) in [4.78, 5) is 32.8. The molecule has 0 atom stereocenters. The van der Waals surface area contributed by atoms with E-state index in [0.717, 1.165) is 0 Å². The lowest BCUT2D eigenvalue weighted by molar-refractivity contribution is -0.384. The lowest BCUT2D eigenvalue weighted by atomic mass is 9.92. The summed E-state index contributed by atoms with van der Waals surface area (Å²) in [6.45, 7) is 4.16. The van der Waals surface area contributed by atoms with Crippen LogP contribution in [0.4, 0.5) is 11.4 Å². The number of carboxylic acid groups (broad SMARTS) is 1. The van der Waals surface area contributed by atoms with Crippen molar-refractivity contribution in [2.75, 3.05) is 5.32 Å². The molecule has 1 aromatic carbocycles. The molecule has 0 aliphatic heterocycles. The third-order valence-corrected chi connectivity index (χ3v) is 2.77. The average molecular weight is 266 g/mol. The van der Waals surface area contributed by atoms with Crippen LogP contribution < -0.4 is 5.32 Å². The zero-order valence-corrected chi connectivity index (χ0v) is 10.8. The summed E-state index contributed by atoms with van der Waals surface area (Å²) in [7, 11) is 0. The van der Waals surface area contributed by atoms with Gasteiger partial charge in [-0.15, -0.1) is 0 Å². The van der Waals surface area contributed by atoms with Crippen LogP contribution in [0, 0.1) is 22.5 Å². The third-order valence-electron chi connectivity index (χ3n) is 2.77. The van der Waals surface area contributed by atoms with E-state index in [9.17, 15) is 19.7 Å². The average Bonchev–Trinajstić information content (AvgIpc) is 2.30. The fourth-order valence-corrected chi connectivity index (χ4v) is 1.28. The molecule has 0 unspecified atom stereocenters. The quantitative estimate of drug-likeness (QED) is 0.491. The van der Waals surface area contributed by atoms with Crippen molar-refractivity contribution in [3.05, 3.63) is 33.9 Å². The van der Waals surface area contributed by atoms with Crippen molar-refractivity contribution in [3.8, 4) is 0 Å².